The zero-order valence-electron chi connectivity index (χ0n) is 11.1. The van der Waals surface area contributed by atoms with E-state index in [-0.39, 0.29) is 12.2 Å². The van der Waals surface area contributed by atoms with Gasteiger partial charge in [0, 0.05) is 29.9 Å². The summed E-state index contributed by atoms with van der Waals surface area (Å²) in [5, 5.41) is 0. The highest BCUT2D eigenvalue weighted by Gasteiger charge is 2.24. The molecule has 0 aromatic heterocycles. The zero-order valence-corrected chi connectivity index (χ0v) is 11.1. The molecule has 2 atom stereocenters. The summed E-state index contributed by atoms with van der Waals surface area (Å²) in [6.45, 7) is 5.45. The molecule has 0 bridgehead atoms. The van der Waals surface area contributed by atoms with Gasteiger partial charge < -0.3 is 15.4 Å². The largest absolute Gasteiger partial charge is 0.372 e. The maximum absolute atomic E-state index is 11.2. The Bertz CT molecular complexity index is 491. The van der Waals surface area contributed by atoms with Crippen LogP contribution in [0.3, 0.4) is 0 Å². The number of aldehydes is 1. The molecule has 0 saturated carbocycles. The number of primary amides is 1. The van der Waals surface area contributed by atoms with E-state index in [0.29, 0.717) is 11.1 Å². The van der Waals surface area contributed by atoms with Gasteiger partial charge in [-0.25, -0.2) is 0 Å². The van der Waals surface area contributed by atoms with Crippen LogP contribution in [0, 0.1) is 0 Å². The van der Waals surface area contributed by atoms with E-state index in [9.17, 15) is 9.59 Å². The lowest BCUT2D eigenvalue weighted by Crippen LogP contribution is -2.45. The van der Waals surface area contributed by atoms with E-state index in [4.69, 9.17) is 10.5 Å². The van der Waals surface area contributed by atoms with Gasteiger partial charge in [0.1, 0.15) is 0 Å². The van der Waals surface area contributed by atoms with Gasteiger partial charge in [-0.05, 0) is 32.0 Å². The minimum Gasteiger partial charge on any atom is -0.372 e. The number of ether oxygens (including phenoxy) is 1. The van der Waals surface area contributed by atoms with Gasteiger partial charge in [0.15, 0.2) is 6.29 Å². The molecule has 5 nitrogen and oxygen atoms in total. The Hall–Kier alpha value is -1.88. The Morgan fingerprint density at radius 2 is 2.00 bits per heavy atom. The van der Waals surface area contributed by atoms with Crippen LogP contribution >= 0.6 is 0 Å². The number of benzene rings is 1. The minimum atomic E-state index is -0.529. The first-order chi connectivity index (χ1) is 9.01. The summed E-state index contributed by atoms with van der Waals surface area (Å²) in [6.07, 6.45) is 0.977. The number of hydrogen-bond donors (Lipinski definition) is 1. The van der Waals surface area contributed by atoms with Crippen molar-refractivity contribution in [3.05, 3.63) is 29.3 Å². The summed E-state index contributed by atoms with van der Waals surface area (Å²) >= 11 is 0. The third-order valence-corrected chi connectivity index (χ3v) is 3.20. The Kier molecular flexibility index (Phi) is 3.85. The van der Waals surface area contributed by atoms with Crippen molar-refractivity contribution < 1.29 is 14.3 Å². The molecule has 0 aliphatic carbocycles. The van der Waals surface area contributed by atoms with Crippen LogP contribution in [-0.2, 0) is 4.74 Å². The molecule has 1 fully saturated rings. The highest BCUT2D eigenvalue weighted by Crippen LogP contribution is 2.24. The van der Waals surface area contributed by atoms with Gasteiger partial charge in [0.25, 0.3) is 0 Å². The van der Waals surface area contributed by atoms with E-state index in [1.165, 1.54) is 6.07 Å². The van der Waals surface area contributed by atoms with Crippen LogP contribution in [0.25, 0.3) is 0 Å². The first-order valence-corrected chi connectivity index (χ1v) is 6.30. The number of anilines is 1. The second-order valence-electron chi connectivity index (χ2n) is 4.92. The molecule has 1 heterocycles. The maximum atomic E-state index is 11.2. The predicted octanol–water partition coefficient (Wildman–Crippen LogP) is 1.21. The zero-order chi connectivity index (χ0) is 14.0. The number of hydrogen-bond acceptors (Lipinski definition) is 4. The number of carbonyl (C=O) groups excluding carboxylic acids is 2. The first-order valence-electron chi connectivity index (χ1n) is 6.30. The molecule has 0 unspecified atom stereocenters. The van der Waals surface area contributed by atoms with Crippen molar-refractivity contribution in [2.45, 2.75) is 26.1 Å². The van der Waals surface area contributed by atoms with Gasteiger partial charge in [0.2, 0.25) is 5.91 Å². The third kappa shape index (κ3) is 2.93. The van der Waals surface area contributed by atoms with Crippen LogP contribution in [-0.4, -0.2) is 37.5 Å². The molecule has 19 heavy (non-hydrogen) atoms. The lowest BCUT2D eigenvalue weighted by molar-refractivity contribution is -0.00525. The molecule has 0 radical (unpaired) electrons. The quantitative estimate of drug-likeness (QED) is 0.831. The Labute approximate surface area is 112 Å². The van der Waals surface area contributed by atoms with E-state index >= 15 is 0 Å². The highest BCUT2D eigenvalue weighted by atomic mass is 16.5. The van der Waals surface area contributed by atoms with E-state index < -0.39 is 5.91 Å². The second-order valence-corrected chi connectivity index (χ2v) is 4.92. The average molecular weight is 262 g/mol. The van der Waals surface area contributed by atoms with Crippen molar-refractivity contribution in [1.29, 1.82) is 0 Å². The topological polar surface area (TPSA) is 72.6 Å². The summed E-state index contributed by atoms with van der Waals surface area (Å²) in [6, 6.07) is 4.96. The number of rotatable bonds is 3. The molecule has 1 amide bonds. The van der Waals surface area contributed by atoms with E-state index in [1.807, 2.05) is 13.8 Å². The van der Waals surface area contributed by atoms with Crippen molar-refractivity contribution in [1.82, 2.24) is 0 Å². The van der Waals surface area contributed by atoms with Gasteiger partial charge in [-0.15, -0.1) is 0 Å². The van der Waals surface area contributed by atoms with Gasteiger partial charge in [-0.1, -0.05) is 0 Å². The molecular formula is C14H18N2O3. The van der Waals surface area contributed by atoms with Crippen molar-refractivity contribution in [2.75, 3.05) is 18.0 Å². The van der Waals surface area contributed by atoms with E-state index in [1.54, 1.807) is 12.1 Å². The fraction of sp³-hybridized carbons (Fsp3) is 0.429. The van der Waals surface area contributed by atoms with Gasteiger partial charge in [0.05, 0.1) is 12.2 Å². The van der Waals surface area contributed by atoms with Gasteiger partial charge in [-0.3, -0.25) is 9.59 Å². The lowest BCUT2D eigenvalue weighted by atomic mass is 10.1. The Morgan fingerprint density at radius 1 is 1.37 bits per heavy atom. The van der Waals surface area contributed by atoms with Crippen molar-refractivity contribution in [2.24, 2.45) is 5.73 Å². The van der Waals surface area contributed by atoms with Crippen LogP contribution in [0.4, 0.5) is 5.69 Å². The highest BCUT2D eigenvalue weighted by molar-refractivity contribution is 5.96. The summed E-state index contributed by atoms with van der Waals surface area (Å²) < 4.78 is 5.67. The summed E-state index contributed by atoms with van der Waals surface area (Å²) in [7, 11) is 0. The van der Waals surface area contributed by atoms with Gasteiger partial charge in [-0.2, -0.15) is 0 Å². The third-order valence-electron chi connectivity index (χ3n) is 3.20. The SMILES string of the molecule is C[C@@H]1CN(c2ccc(C(N)=O)cc2C=O)C[C@H](C)O1. The minimum absolute atomic E-state index is 0.110. The first kappa shape index (κ1) is 13.5. The number of nitrogens with two attached hydrogens (primary N) is 1. The van der Waals surface area contributed by atoms with Gasteiger partial charge >= 0.3 is 0 Å². The fourth-order valence-corrected chi connectivity index (χ4v) is 2.46. The summed E-state index contributed by atoms with van der Waals surface area (Å²) in [5.74, 6) is -0.529. The van der Waals surface area contributed by atoms with Crippen LogP contribution in [0.2, 0.25) is 0 Å². The molecule has 1 saturated heterocycles. The molecular weight excluding hydrogens is 244 g/mol. The van der Waals surface area contributed by atoms with E-state index in [2.05, 4.69) is 4.90 Å². The number of morpholine rings is 1. The average Bonchev–Trinajstić information content (AvgIpc) is 2.36. The van der Waals surface area contributed by atoms with E-state index in [0.717, 1.165) is 25.1 Å². The van der Waals surface area contributed by atoms with Crippen LogP contribution in [0.5, 0.6) is 0 Å². The molecule has 0 spiro atoms. The lowest BCUT2D eigenvalue weighted by Gasteiger charge is -2.37. The Morgan fingerprint density at radius 3 is 2.53 bits per heavy atom. The summed E-state index contributed by atoms with van der Waals surface area (Å²) in [4.78, 5) is 24.4. The number of nitrogens with zero attached hydrogens (tertiary/aromatic N) is 1. The monoisotopic (exact) mass is 262 g/mol. The molecule has 1 aromatic rings. The van der Waals surface area contributed by atoms with Crippen LogP contribution in [0.1, 0.15) is 34.6 Å². The molecule has 1 aliphatic heterocycles. The molecule has 1 aliphatic rings. The number of carbonyl (C=O) groups is 2. The molecule has 1 aromatic carbocycles. The van der Waals surface area contributed by atoms with Crippen molar-refractivity contribution in [3.8, 4) is 0 Å². The molecule has 5 heteroatoms. The summed E-state index contributed by atoms with van der Waals surface area (Å²) in [5.41, 5.74) is 6.87. The molecule has 2 rings (SSSR count). The van der Waals surface area contributed by atoms with Crippen LogP contribution < -0.4 is 10.6 Å². The molecule has 2 N–H and O–H groups in total. The second kappa shape index (κ2) is 5.40. The predicted molar refractivity (Wildman–Crippen MR) is 72.6 cm³/mol. The normalized spacial score (nSPS) is 23.2. The number of amides is 1. The van der Waals surface area contributed by atoms with Crippen LogP contribution in [0.15, 0.2) is 18.2 Å². The smallest absolute Gasteiger partial charge is 0.248 e. The fourth-order valence-electron chi connectivity index (χ4n) is 2.46. The maximum Gasteiger partial charge on any atom is 0.248 e. The van der Waals surface area contributed by atoms with Crippen molar-refractivity contribution in [3.63, 3.8) is 0 Å². The standard InChI is InChI=1S/C14H18N2O3/c1-9-6-16(7-10(2)19-9)13-4-3-11(14(15)18)5-12(13)8-17/h3-5,8-10H,6-7H2,1-2H3,(H2,15,18)/t9-,10+. The molecule has 102 valence electrons. The van der Waals surface area contributed by atoms with Crippen molar-refractivity contribution >= 4 is 17.9 Å². The Balaban J connectivity index is 2.33.